The molecule has 21 heavy (non-hydrogen) atoms. The van der Waals surface area contributed by atoms with E-state index in [0.29, 0.717) is 5.92 Å². The predicted octanol–water partition coefficient (Wildman–Crippen LogP) is 2.53. The van der Waals surface area contributed by atoms with Gasteiger partial charge in [-0.1, -0.05) is 26.0 Å². The first-order chi connectivity index (χ1) is 10.0. The molecule has 0 saturated carbocycles. The Morgan fingerprint density at radius 1 is 1.24 bits per heavy atom. The van der Waals surface area contributed by atoms with Crippen LogP contribution >= 0.6 is 0 Å². The van der Waals surface area contributed by atoms with Crippen molar-refractivity contribution >= 4 is 5.97 Å². The van der Waals surface area contributed by atoms with Gasteiger partial charge in [0.15, 0.2) is 0 Å². The molecule has 2 aromatic rings. The Balaban J connectivity index is 2.38. The van der Waals surface area contributed by atoms with Gasteiger partial charge in [-0.3, -0.25) is 4.79 Å². The van der Waals surface area contributed by atoms with Crippen LogP contribution in [0.25, 0.3) is 5.69 Å². The number of esters is 1. The van der Waals surface area contributed by atoms with Gasteiger partial charge in [0.05, 0.1) is 12.3 Å². The summed E-state index contributed by atoms with van der Waals surface area (Å²) in [5, 5.41) is 4.07. The standard InChI is InChI=1S/C16H18N2O3/c1-4-21-16(20)15-14(19)9-10-18(17-15)13-7-5-12(6-8-13)11(2)3/h5-11H,4H2,1-3H3. The fraction of sp³-hybridized carbons (Fsp3) is 0.312. The molecule has 0 atom stereocenters. The van der Waals surface area contributed by atoms with Crippen LogP contribution in [0.5, 0.6) is 0 Å². The second-order valence-electron chi connectivity index (χ2n) is 4.94. The first-order valence-electron chi connectivity index (χ1n) is 6.90. The van der Waals surface area contributed by atoms with Crippen molar-refractivity contribution in [3.63, 3.8) is 0 Å². The van der Waals surface area contributed by atoms with Crippen molar-refractivity contribution in [2.24, 2.45) is 0 Å². The van der Waals surface area contributed by atoms with E-state index in [1.54, 1.807) is 6.92 Å². The van der Waals surface area contributed by atoms with Crippen LogP contribution in [0.1, 0.15) is 42.7 Å². The average Bonchev–Trinajstić information content (AvgIpc) is 2.48. The van der Waals surface area contributed by atoms with Crippen LogP contribution in [0.3, 0.4) is 0 Å². The van der Waals surface area contributed by atoms with Crippen LogP contribution < -0.4 is 5.43 Å². The quantitative estimate of drug-likeness (QED) is 0.810. The molecule has 0 aliphatic rings. The lowest BCUT2D eigenvalue weighted by molar-refractivity contribution is 0.0515. The van der Waals surface area contributed by atoms with Crippen LogP contribution in [-0.2, 0) is 4.74 Å². The Kier molecular flexibility index (Phi) is 4.52. The van der Waals surface area contributed by atoms with Gasteiger partial charge in [-0.05, 0) is 30.5 Å². The summed E-state index contributed by atoms with van der Waals surface area (Å²) in [5.74, 6) is -0.258. The predicted molar refractivity (Wildman–Crippen MR) is 79.9 cm³/mol. The van der Waals surface area contributed by atoms with E-state index in [1.807, 2.05) is 24.3 Å². The van der Waals surface area contributed by atoms with Gasteiger partial charge in [0.25, 0.3) is 0 Å². The number of rotatable bonds is 4. The summed E-state index contributed by atoms with van der Waals surface area (Å²) in [6.07, 6.45) is 1.54. The third-order valence-corrected chi connectivity index (χ3v) is 3.10. The highest BCUT2D eigenvalue weighted by Gasteiger charge is 2.14. The van der Waals surface area contributed by atoms with E-state index in [4.69, 9.17) is 4.74 Å². The molecule has 110 valence electrons. The minimum absolute atomic E-state index is 0.202. The lowest BCUT2D eigenvalue weighted by Crippen LogP contribution is -2.22. The van der Waals surface area contributed by atoms with Crippen LogP contribution in [-0.4, -0.2) is 22.4 Å². The maximum Gasteiger partial charge on any atom is 0.362 e. The van der Waals surface area contributed by atoms with Crippen molar-refractivity contribution in [3.8, 4) is 5.69 Å². The largest absolute Gasteiger partial charge is 0.461 e. The third-order valence-electron chi connectivity index (χ3n) is 3.10. The van der Waals surface area contributed by atoms with Gasteiger partial charge in [0.1, 0.15) is 0 Å². The Bertz CT molecular complexity index is 687. The molecule has 0 saturated heterocycles. The van der Waals surface area contributed by atoms with E-state index in [1.165, 1.54) is 22.5 Å². The molecule has 0 aliphatic heterocycles. The lowest BCUT2D eigenvalue weighted by Gasteiger charge is -2.09. The second kappa shape index (κ2) is 6.35. The van der Waals surface area contributed by atoms with E-state index in [0.717, 1.165) is 5.69 Å². The Morgan fingerprint density at radius 3 is 2.48 bits per heavy atom. The molecule has 1 aromatic heterocycles. The minimum Gasteiger partial charge on any atom is -0.461 e. The van der Waals surface area contributed by atoms with Gasteiger partial charge in [-0.25, -0.2) is 9.48 Å². The minimum atomic E-state index is -0.698. The highest BCUT2D eigenvalue weighted by Crippen LogP contribution is 2.16. The van der Waals surface area contributed by atoms with Crippen LogP contribution in [0.4, 0.5) is 0 Å². The zero-order valence-electron chi connectivity index (χ0n) is 12.4. The number of hydrogen-bond acceptors (Lipinski definition) is 4. The molecule has 0 aliphatic carbocycles. The number of hydrogen-bond donors (Lipinski definition) is 0. The molecular formula is C16H18N2O3. The van der Waals surface area contributed by atoms with Crippen LogP contribution in [0.2, 0.25) is 0 Å². The molecule has 1 heterocycles. The lowest BCUT2D eigenvalue weighted by atomic mass is 10.0. The fourth-order valence-electron chi connectivity index (χ4n) is 1.90. The van der Waals surface area contributed by atoms with E-state index in [-0.39, 0.29) is 12.3 Å². The SMILES string of the molecule is CCOC(=O)c1nn(-c2ccc(C(C)C)cc2)ccc1=O. The summed E-state index contributed by atoms with van der Waals surface area (Å²) in [6, 6.07) is 9.13. The number of aromatic nitrogens is 2. The number of carbonyl (C=O) groups is 1. The van der Waals surface area contributed by atoms with E-state index >= 15 is 0 Å². The average molecular weight is 286 g/mol. The Morgan fingerprint density at radius 2 is 1.90 bits per heavy atom. The van der Waals surface area contributed by atoms with Crippen LogP contribution in [0.15, 0.2) is 41.3 Å². The molecule has 0 amide bonds. The van der Waals surface area contributed by atoms with Gasteiger partial charge < -0.3 is 4.74 Å². The van der Waals surface area contributed by atoms with Crippen molar-refractivity contribution in [2.45, 2.75) is 26.7 Å². The molecule has 0 spiro atoms. The maximum absolute atomic E-state index is 11.7. The van der Waals surface area contributed by atoms with Gasteiger partial charge in [-0.2, -0.15) is 5.10 Å². The third kappa shape index (κ3) is 3.37. The molecular weight excluding hydrogens is 268 g/mol. The summed E-state index contributed by atoms with van der Waals surface area (Å²) in [7, 11) is 0. The normalized spacial score (nSPS) is 10.7. The molecule has 0 radical (unpaired) electrons. The summed E-state index contributed by atoms with van der Waals surface area (Å²) in [5.41, 5.74) is 1.35. The smallest absolute Gasteiger partial charge is 0.362 e. The number of benzene rings is 1. The molecule has 0 bridgehead atoms. The van der Waals surface area contributed by atoms with Crippen molar-refractivity contribution in [1.82, 2.24) is 9.78 Å². The number of ether oxygens (including phenoxy) is 1. The van der Waals surface area contributed by atoms with Crippen molar-refractivity contribution in [2.75, 3.05) is 6.61 Å². The monoisotopic (exact) mass is 286 g/mol. The Hall–Kier alpha value is -2.43. The summed E-state index contributed by atoms with van der Waals surface area (Å²) in [4.78, 5) is 23.4. The maximum atomic E-state index is 11.7. The van der Waals surface area contributed by atoms with Gasteiger partial charge in [-0.15, -0.1) is 0 Å². The molecule has 1 aromatic carbocycles. The number of nitrogens with zero attached hydrogens (tertiary/aromatic N) is 2. The van der Waals surface area contributed by atoms with Gasteiger partial charge >= 0.3 is 5.97 Å². The molecule has 5 nitrogen and oxygen atoms in total. The molecule has 0 N–H and O–H groups in total. The van der Waals surface area contributed by atoms with E-state index in [9.17, 15) is 9.59 Å². The number of carbonyl (C=O) groups excluding carboxylic acids is 1. The molecule has 0 unspecified atom stereocenters. The van der Waals surface area contributed by atoms with Gasteiger partial charge in [0.2, 0.25) is 11.1 Å². The molecule has 5 heteroatoms. The summed E-state index contributed by atoms with van der Waals surface area (Å²) < 4.78 is 6.33. The van der Waals surface area contributed by atoms with Crippen molar-refractivity contribution in [3.05, 3.63) is 58.0 Å². The zero-order chi connectivity index (χ0) is 15.4. The van der Waals surface area contributed by atoms with Gasteiger partial charge in [0, 0.05) is 12.3 Å². The van der Waals surface area contributed by atoms with E-state index < -0.39 is 11.4 Å². The first kappa shape index (κ1) is 15.0. The highest BCUT2D eigenvalue weighted by molar-refractivity contribution is 5.86. The Labute approximate surface area is 123 Å². The van der Waals surface area contributed by atoms with Crippen LogP contribution in [0, 0.1) is 0 Å². The summed E-state index contributed by atoms with van der Waals surface area (Å²) >= 11 is 0. The van der Waals surface area contributed by atoms with Crippen molar-refractivity contribution < 1.29 is 9.53 Å². The highest BCUT2D eigenvalue weighted by atomic mass is 16.5. The fourth-order valence-corrected chi connectivity index (χ4v) is 1.90. The molecule has 2 rings (SSSR count). The topological polar surface area (TPSA) is 61.2 Å². The zero-order valence-corrected chi connectivity index (χ0v) is 12.4. The van der Waals surface area contributed by atoms with E-state index in [2.05, 4.69) is 18.9 Å². The summed E-state index contributed by atoms with van der Waals surface area (Å²) in [6.45, 7) is 6.12. The first-order valence-corrected chi connectivity index (χ1v) is 6.90. The molecule has 0 fully saturated rings. The second-order valence-corrected chi connectivity index (χ2v) is 4.94. The van der Waals surface area contributed by atoms with Crippen molar-refractivity contribution in [1.29, 1.82) is 0 Å².